The molecule has 2 heterocycles. The zero-order valence-corrected chi connectivity index (χ0v) is 16.1. The Morgan fingerprint density at radius 2 is 2.00 bits per heavy atom. The number of aldehydes is 1. The second-order valence-corrected chi connectivity index (χ2v) is 7.19. The van der Waals surface area contributed by atoms with E-state index in [0.29, 0.717) is 23.6 Å². The number of fused-ring (bicyclic) bond motifs is 1. The van der Waals surface area contributed by atoms with E-state index in [1.165, 1.54) is 4.90 Å². The third-order valence-corrected chi connectivity index (χ3v) is 5.23. The fraction of sp³-hybridized carbons (Fsp3) is 0.500. The summed E-state index contributed by atoms with van der Waals surface area (Å²) in [5, 5.41) is 10.4. The number of aliphatic hydroxyl groups excluding tert-OH is 1. The van der Waals surface area contributed by atoms with Crippen LogP contribution in [0.25, 0.3) is 10.9 Å². The van der Waals surface area contributed by atoms with Gasteiger partial charge in [-0.25, -0.2) is 0 Å². The Morgan fingerprint density at radius 3 is 2.59 bits per heavy atom. The van der Waals surface area contributed by atoms with Crippen molar-refractivity contribution in [2.45, 2.75) is 25.5 Å². The van der Waals surface area contributed by atoms with Gasteiger partial charge >= 0.3 is 0 Å². The lowest BCUT2D eigenvalue weighted by Gasteiger charge is -2.29. The number of hydrogen-bond donors (Lipinski definition) is 1. The topological polar surface area (TPSA) is 75.0 Å². The van der Waals surface area contributed by atoms with Crippen LogP contribution in [0.4, 0.5) is 0 Å². The molecule has 2 aromatic rings. The first-order valence-corrected chi connectivity index (χ1v) is 9.23. The number of carbonyl (C=O) groups excluding carboxylic acids is 2. The Labute approximate surface area is 159 Å². The third kappa shape index (κ3) is 3.84. The number of piperidine rings is 1. The van der Waals surface area contributed by atoms with Crippen LogP contribution in [0.15, 0.2) is 18.2 Å². The molecule has 0 radical (unpaired) electrons. The summed E-state index contributed by atoms with van der Waals surface area (Å²) in [6, 6.07) is 5.54. The molecular formula is C20H27N3O4. The van der Waals surface area contributed by atoms with E-state index in [9.17, 15) is 14.7 Å². The molecule has 0 saturated carbocycles. The number of carbonyl (C=O) groups is 2. The van der Waals surface area contributed by atoms with Gasteiger partial charge in [0, 0.05) is 51.2 Å². The lowest BCUT2D eigenvalue weighted by Crippen LogP contribution is -2.38. The second kappa shape index (κ2) is 8.10. The van der Waals surface area contributed by atoms with Gasteiger partial charge in [-0.15, -0.1) is 0 Å². The van der Waals surface area contributed by atoms with Crippen molar-refractivity contribution in [3.63, 3.8) is 0 Å². The van der Waals surface area contributed by atoms with Gasteiger partial charge in [-0.1, -0.05) is 0 Å². The molecule has 146 valence electrons. The summed E-state index contributed by atoms with van der Waals surface area (Å²) in [4.78, 5) is 28.5. The molecule has 0 unspecified atom stereocenters. The highest BCUT2D eigenvalue weighted by atomic mass is 16.5. The smallest absolute Gasteiger partial charge is 0.270 e. The molecule has 27 heavy (non-hydrogen) atoms. The monoisotopic (exact) mass is 373 g/mol. The summed E-state index contributed by atoms with van der Waals surface area (Å²) in [5.41, 5.74) is 1.66. The molecule has 1 aromatic heterocycles. The maximum atomic E-state index is 12.8. The summed E-state index contributed by atoms with van der Waals surface area (Å²) < 4.78 is 7.23. The molecule has 1 N–H and O–H groups in total. The van der Waals surface area contributed by atoms with Gasteiger partial charge in [-0.05, 0) is 31.0 Å². The van der Waals surface area contributed by atoms with Crippen LogP contribution >= 0.6 is 0 Å². The van der Waals surface area contributed by atoms with E-state index in [4.69, 9.17) is 4.74 Å². The molecule has 1 aliphatic heterocycles. The van der Waals surface area contributed by atoms with E-state index >= 15 is 0 Å². The standard InChI is InChI=1S/C20H27N3O4/c1-21(2)20(26)19-17(13-24)16-12-15(27-3)4-5-18(16)23(19)11-10-22-8-6-14(25)7-9-22/h4-5,12-14,25H,6-11H2,1-3H3. The number of rotatable bonds is 6. The first-order chi connectivity index (χ1) is 13.0. The SMILES string of the molecule is COc1ccc2c(c1)c(C=O)c(C(=O)N(C)C)n2CCN1CCC(O)CC1. The van der Waals surface area contributed by atoms with E-state index < -0.39 is 0 Å². The predicted octanol–water partition coefficient (Wildman–Crippen LogP) is 1.62. The Hall–Kier alpha value is -2.38. The van der Waals surface area contributed by atoms with Gasteiger partial charge in [0.15, 0.2) is 6.29 Å². The van der Waals surface area contributed by atoms with Crippen molar-refractivity contribution in [2.24, 2.45) is 0 Å². The fourth-order valence-electron chi connectivity index (χ4n) is 3.67. The van der Waals surface area contributed by atoms with Gasteiger partial charge in [0.1, 0.15) is 11.4 Å². The molecule has 0 spiro atoms. The van der Waals surface area contributed by atoms with Gasteiger partial charge in [0.25, 0.3) is 5.91 Å². The molecule has 7 heteroatoms. The number of benzene rings is 1. The number of aliphatic hydroxyl groups is 1. The molecule has 0 bridgehead atoms. The van der Waals surface area contributed by atoms with E-state index in [0.717, 1.165) is 49.7 Å². The van der Waals surface area contributed by atoms with Crippen molar-refractivity contribution in [3.05, 3.63) is 29.5 Å². The maximum absolute atomic E-state index is 12.8. The number of methoxy groups -OCH3 is 1. The number of hydrogen-bond acceptors (Lipinski definition) is 5. The Kier molecular flexibility index (Phi) is 5.82. The van der Waals surface area contributed by atoms with Crippen molar-refractivity contribution in [1.29, 1.82) is 0 Å². The minimum Gasteiger partial charge on any atom is -0.497 e. The molecule has 3 rings (SSSR count). The largest absolute Gasteiger partial charge is 0.497 e. The maximum Gasteiger partial charge on any atom is 0.270 e. The molecular weight excluding hydrogens is 346 g/mol. The van der Waals surface area contributed by atoms with Crippen LogP contribution in [0.5, 0.6) is 5.75 Å². The highest BCUT2D eigenvalue weighted by Crippen LogP contribution is 2.29. The molecule has 0 atom stereocenters. The van der Waals surface area contributed by atoms with Crippen LogP contribution in [0.1, 0.15) is 33.7 Å². The molecule has 7 nitrogen and oxygen atoms in total. The summed E-state index contributed by atoms with van der Waals surface area (Å²) >= 11 is 0. The Morgan fingerprint density at radius 1 is 1.30 bits per heavy atom. The quantitative estimate of drug-likeness (QED) is 0.779. The van der Waals surface area contributed by atoms with Gasteiger partial charge in [-0.3, -0.25) is 9.59 Å². The van der Waals surface area contributed by atoms with Crippen LogP contribution in [0, 0.1) is 0 Å². The van der Waals surface area contributed by atoms with E-state index in [-0.39, 0.29) is 12.0 Å². The van der Waals surface area contributed by atoms with Crippen molar-refractivity contribution in [1.82, 2.24) is 14.4 Å². The van der Waals surface area contributed by atoms with Crippen LogP contribution in [0.3, 0.4) is 0 Å². The van der Waals surface area contributed by atoms with E-state index in [1.54, 1.807) is 27.3 Å². The minimum atomic E-state index is -0.214. The molecule has 0 aliphatic carbocycles. The second-order valence-electron chi connectivity index (χ2n) is 7.19. The number of amides is 1. The number of aromatic nitrogens is 1. The molecule has 1 aromatic carbocycles. The first kappa shape index (κ1) is 19.4. The summed E-state index contributed by atoms with van der Waals surface area (Å²) in [5.74, 6) is 0.456. The lowest BCUT2D eigenvalue weighted by molar-refractivity contribution is 0.0789. The van der Waals surface area contributed by atoms with Gasteiger partial charge in [0.2, 0.25) is 0 Å². The molecule has 1 amide bonds. The summed E-state index contributed by atoms with van der Waals surface area (Å²) in [6.45, 7) is 3.04. The minimum absolute atomic E-state index is 0.193. The van der Waals surface area contributed by atoms with Crippen LogP contribution < -0.4 is 4.74 Å². The van der Waals surface area contributed by atoms with Gasteiger partial charge in [-0.2, -0.15) is 0 Å². The average Bonchev–Trinajstić information content (AvgIpc) is 2.99. The number of nitrogens with zero attached hydrogens (tertiary/aromatic N) is 3. The Bertz CT molecular complexity index is 835. The first-order valence-electron chi connectivity index (χ1n) is 9.23. The number of likely N-dealkylation sites (tertiary alicyclic amines) is 1. The Balaban J connectivity index is 2.01. The van der Waals surface area contributed by atoms with E-state index in [2.05, 4.69) is 4.90 Å². The zero-order valence-electron chi connectivity index (χ0n) is 16.1. The lowest BCUT2D eigenvalue weighted by atomic mass is 10.1. The van der Waals surface area contributed by atoms with E-state index in [1.807, 2.05) is 16.7 Å². The summed E-state index contributed by atoms with van der Waals surface area (Å²) in [6.07, 6.45) is 2.08. The highest BCUT2D eigenvalue weighted by Gasteiger charge is 2.25. The number of ether oxygens (including phenoxy) is 1. The predicted molar refractivity (Wildman–Crippen MR) is 104 cm³/mol. The fourth-order valence-corrected chi connectivity index (χ4v) is 3.67. The molecule has 1 saturated heterocycles. The average molecular weight is 373 g/mol. The van der Waals surface area contributed by atoms with Crippen LogP contribution in [-0.2, 0) is 6.54 Å². The molecule has 1 fully saturated rings. The highest BCUT2D eigenvalue weighted by molar-refractivity contribution is 6.10. The van der Waals surface area contributed by atoms with Crippen molar-refractivity contribution >= 4 is 23.1 Å². The van der Waals surface area contributed by atoms with Crippen LogP contribution in [0.2, 0.25) is 0 Å². The zero-order chi connectivity index (χ0) is 19.6. The van der Waals surface area contributed by atoms with Crippen LogP contribution in [-0.4, -0.2) is 78.6 Å². The van der Waals surface area contributed by atoms with Crippen molar-refractivity contribution in [2.75, 3.05) is 40.8 Å². The third-order valence-electron chi connectivity index (χ3n) is 5.23. The normalized spacial score (nSPS) is 15.9. The summed E-state index contributed by atoms with van der Waals surface area (Å²) in [7, 11) is 4.95. The van der Waals surface area contributed by atoms with Crippen molar-refractivity contribution < 1.29 is 19.4 Å². The van der Waals surface area contributed by atoms with Crippen molar-refractivity contribution in [3.8, 4) is 5.75 Å². The molecule has 1 aliphatic rings. The van der Waals surface area contributed by atoms with Gasteiger partial charge in [0.05, 0.1) is 18.8 Å². The van der Waals surface area contributed by atoms with Gasteiger partial charge < -0.3 is 24.2 Å².